The molecule has 0 amide bonds. The van der Waals surface area contributed by atoms with Gasteiger partial charge in [0.2, 0.25) is 0 Å². The van der Waals surface area contributed by atoms with Gasteiger partial charge >= 0.3 is 5.97 Å². The predicted molar refractivity (Wildman–Crippen MR) is 66.0 cm³/mol. The third-order valence-electron chi connectivity index (χ3n) is 2.36. The van der Waals surface area contributed by atoms with E-state index in [9.17, 15) is 4.79 Å². The first kappa shape index (κ1) is 11.6. The van der Waals surface area contributed by atoms with Crippen LogP contribution in [0, 0.1) is 0 Å². The van der Waals surface area contributed by atoms with Gasteiger partial charge in [0.25, 0.3) is 0 Å². The Balaban J connectivity index is 2.58. The highest BCUT2D eigenvalue weighted by atomic mass is 35.5. The average Bonchev–Trinajstić information content (AvgIpc) is 2.38. The van der Waals surface area contributed by atoms with E-state index in [0.29, 0.717) is 11.1 Å². The zero-order valence-corrected chi connectivity index (χ0v) is 9.94. The Morgan fingerprint density at radius 2 is 2.00 bits per heavy atom. The number of carbonyl (C=O) groups is 1. The van der Waals surface area contributed by atoms with Gasteiger partial charge in [-0.1, -0.05) is 41.9 Å². The van der Waals surface area contributed by atoms with Crippen molar-refractivity contribution in [1.82, 2.24) is 4.98 Å². The van der Waals surface area contributed by atoms with E-state index in [1.165, 1.54) is 13.2 Å². The van der Waals surface area contributed by atoms with Gasteiger partial charge in [-0.25, -0.2) is 9.78 Å². The van der Waals surface area contributed by atoms with Gasteiger partial charge in [0.15, 0.2) is 0 Å². The van der Waals surface area contributed by atoms with Crippen molar-refractivity contribution in [2.75, 3.05) is 7.11 Å². The summed E-state index contributed by atoms with van der Waals surface area (Å²) in [7, 11) is 1.34. The molecule has 3 nitrogen and oxygen atoms in total. The predicted octanol–water partition coefficient (Wildman–Crippen LogP) is 3.19. The molecule has 1 aromatic carbocycles. The number of hydrogen-bond acceptors (Lipinski definition) is 3. The molecule has 0 saturated carbocycles. The SMILES string of the molecule is COC(=O)c1cc(Cl)ncc1-c1ccccc1. The first-order valence-electron chi connectivity index (χ1n) is 5.01. The quantitative estimate of drug-likeness (QED) is 0.604. The van der Waals surface area contributed by atoms with Gasteiger partial charge in [0.05, 0.1) is 12.7 Å². The summed E-state index contributed by atoms with van der Waals surface area (Å²) in [5.41, 5.74) is 2.03. The lowest BCUT2D eigenvalue weighted by Gasteiger charge is -2.07. The van der Waals surface area contributed by atoms with E-state index in [2.05, 4.69) is 4.98 Å². The third kappa shape index (κ3) is 2.45. The van der Waals surface area contributed by atoms with Crippen LogP contribution in [0.15, 0.2) is 42.6 Å². The third-order valence-corrected chi connectivity index (χ3v) is 2.57. The maximum Gasteiger partial charge on any atom is 0.338 e. The molecule has 17 heavy (non-hydrogen) atoms. The van der Waals surface area contributed by atoms with Crippen LogP contribution in [0.4, 0.5) is 0 Å². The van der Waals surface area contributed by atoms with Crippen molar-refractivity contribution >= 4 is 17.6 Å². The molecule has 0 bridgehead atoms. The Morgan fingerprint density at radius 1 is 1.29 bits per heavy atom. The summed E-state index contributed by atoms with van der Waals surface area (Å²) in [5, 5.41) is 0.269. The molecule has 0 aliphatic carbocycles. The van der Waals surface area contributed by atoms with Crippen LogP contribution in [-0.4, -0.2) is 18.1 Å². The van der Waals surface area contributed by atoms with Gasteiger partial charge in [-0.2, -0.15) is 0 Å². The molecule has 0 radical (unpaired) electrons. The van der Waals surface area contributed by atoms with Crippen molar-refractivity contribution in [2.45, 2.75) is 0 Å². The summed E-state index contributed by atoms with van der Waals surface area (Å²) in [6.45, 7) is 0. The second-order valence-electron chi connectivity index (χ2n) is 3.41. The fraction of sp³-hybridized carbons (Fsp3) is 0.0769. The Morgan fingerprint density at radius 3 is 2.65 bits per heavy atom. The molecule has 0 N–H and O–H groups in total. The molecule has 0 aliphatic rings. The Bertz CT molecular complexity index is 540. The van der Waals surface area contributed by atoms with E-state index >= 15 is 0 Å². The van der Waals surface area contributed by atoms with Gasteiger partial charge in [0, 0.05) is 11.8 Å². The van der Waals surface area contributed by atoms with E-state index in [0.717, 1.165) is 5.56 Å². The zero-order valence-electron chi connectivity index (χ0n) is 9.18. The Hall–Kier alpha value is -1.87. The number of pyridine rings is 1. The summed E-state index contributed by atoms with van der Waals surface area (Å²) in [6, 6.07) is 11.0. The number of halogens is 1. The lowest BCUT2D eigenvalue weighted by atomic mass is 10.0. The summed E-state index contributed by atoms with van der Waals surface area (Å²) in [6.07, 6.45) is 1.57. The minimum Gasteiger partial charge on any atom is -0.465 e. The van der Waals surface area contributed by atoms with Gasteiger partial charge in [-0.3, -0.25) is 0 Å². The molecule has 0 atom stereocenters. The van der Waals surface area contributed by atoms with Gasteiger partial charge in [-0.05, 0) is 11.6 Å². The Labute approximate surface area is 104 Å². The van der Waals surface area contributed by atoms with Crippen LogP contribution in [0.2, 0.25) is 5.15 Å². The van der Waals surface area contributed by atoms with Crippen molar-refractivity contribution in [3.05, 3.63) is 53.3 Å². The molecule has 0 spiro atoms. The van der Waals surface area contributed by atoms with Crippen molar-refractivity contribution in [1.29, 1.82) is 0 Å². The smallest absolute Gasteiger partial charge is 0.338 e. The van der Waals surface area contributed by atoms with Crippen LogP contribution in [0.1, 0.15) is 10.4 Å². The lowest BCUT2D eigenvalue weighted by molar-refractivity contribution is 0.0601. The van der Waals surface area contributed by atoms with Gasteiger partial charge < -0.3 is 4.74 Å². The van der Waals surface area contributed by atoms with Crippen molar-refractivity contribution in [2.24, 2.45) is 0 Å². The highest BCUT2D eigenvalue weighted by Gasteiger charge is 2.14. The molecule has 0 unspecified atom stereocenters. The maximum absolute atomic E-state index is 11.7. The van der Waals surface area contributed by atoms with Crippen LogP contribution in [-0.2, 0) is 4.74 Å². The molecule has 0 saturated heterocycles. The van der Waals surface area contributed by atoms with Crippen LogP contribution in [0.5, 0.6) is 0 Å². The Kier molecular flexibility index (Phi) is 3.40. The number of hydrogen-bond donors (Lipinski definition) is 0. The normalized spacial score (nSPS) is 10.0. The number of aromatic nitrogens is 1. The fourth-order valence-corrected chi connectivity index (χ4v) is 1.71. The summed E-state index contributed by atoms with van der Waals surface area (Å²) in [4.78, 5) is 15.6. The molecule has 1 heterocycles. The average molecular weight is 248 g/mol. The number of rotatable bonds is 2. The van der Waals surface area contributed by atoms with Crippen molar-refractivity contribution in [3.8, 4) is 11.1 Å². The van der Waals surface area contributed by atoms with E-state index in [4.69, 9.17) is 16.3 Å². The standard InChI is InChI=1S/C13H10ClNO2/c1-17-13(16)10-7-12(14)15-8-11(10)9-5-3-2-4-6-9/h2-8H,1H3. The van der Waals surface area contributed by atoms with Gasteiger partial charge in [0.1, 0.15) is 5.15 Å². The first-order chi connectivity index (χ1) is 8.22. The maximum atomic E-state index is 11.7. The number of esters is 1. The van der Waals surface area contributed by atoms with E-state index in [-0.39, 0.29) is 5.15 Å². The van der Waals surface area contributed by atoms with E-state index in [1.54, 1.807) is 6.20 Å². The number of carbonyl (C=O) groups excluding carboxylic acids is 1. The summed E-state index contributed by atoms with van der Waals surface area (Å²) in [5.74, 6) is -0.423. The molecule has 1 aromatic heterocycles. The summed E-state index contributed by atoms with van der Waals surface area (Å²) < 4.78 is 4.73. The number of methoxy groups -OCH3 is 1. The lowest BCUT2D eigenvalue weighted by Crippen LogP contribution is -2.04. The van der Waals surface area contributed by atoms with Crippen molar-refractivity contribution in [3.63, 3.8) is 0 Å². The van der Waals surface area contributed by atoms with Crippen LogP contribution in [0.25, 0.3) is 11.1 Å². The number of benzene rings is 1. The van der Waals surface area contributed by atoms with Crippen LogP contribution < -0.4 is 0 Å². The number of ether oxygens (including phenoxy) is 1. The monoisotopic (exact) mass is 247 g/mol. The summed E-state index contributed by atoms with van der Waals surface area (Å²) >= 11 is 5.79. The molecule has 4 heteroatoms. The molecule has 86 valence electrons. The minimum atomic E-state index is -0.423. The van der Waals surface area contributed by atoms with Crippen LogP contribution >= 0.6 is 11.6 Å². The molecular weight excluding hydrogens is 238 g/mol. The number of nitrogens with zero attached hydrogens (tertiary/aromatic N) is 1. The zero-order chi connectivity index (χ0) is 12.3. The highest BCUT2D eigenvalue weighted by Crippen LogP contribution is 2.25. The molecule has 0 fully saturated rings. The first-order valence-corrected chi connectivity index (χ1v) is 5.39. The second kappa shape index (κ2) is 4.97. The van der Waals surface area contributed by atoms with E-state index in [1.807, 2.05) is 30.3 Å². The fourth-order valence-electron chi connectivity index (χ4n) is 1.56. The molecule has 2 aromatic rings. The highest BCUT2D eigenvalue weighted by molar-refractivity contribution is 6.29. The molecular formula is C13H10ClNO2. The van der Waals surface area contributed by atoms with Crippen molar-refractivity contribution < 1.29 is 9.53 Å². The second-order valence-corrected chi connectivity index (χ2v) is 3.80. The van der Waals surface area contributed by atoms with E-state index < -0.39 is 5.97 Å². The van der Waals surface area contributed by atoms with Gasteiger partial charge in [-0.15, -0.1) is 0 Å². The molecule has 2 rings (SSSR count). The van der Waals surface area contributed by atoms with Crippen LogP contribution in [0.3, 0.4) is 0 Å². The minimum absolute atomic E-state index is 0.269. The largest absolute Gasteiger partial charge is 0.465 e. The molecule has 0 aliphatic heterocycles. The topological polar surface area (TPSA) is 39.2 Å².